The van der Waals surface area contributed by atoms with Gasteiger partial charge in [-0.3, -0.25) is 19.1 Å². The highest BCUT2D eigenvalue weighted by Crippen LogP contribution is 2.39. The van der Waals surface area contributed by atoms with E-state index in [4.69, 9.17) is 11.6 Å². The lowest BCUT2D eigenvalue weighted by Crippen LogP contribution is -2.45. The lowest BCUT2D eigenvalue weighted by atomic mass is 9.99. The minimum absolute atomic E-state index is 0.0457. The number of imidazole rings is 1. The Morgan fingerprint density at radius 3 is 2.90 bits per heavy atom. The molecule has 1 aromatic carbocycles. The van der Waals surface area contributed by atoms with Gasteiger partial charge < -0.3 is 20.5 Å². The summed E-state index contributed by atoms with van der Waals surface area (Å²) >= 11 is 6.29. The van der Waals surface area contributed by atoms with E-state index in [1.165, 1.54) is 34.5 Å². The highest BCUT2D eigenvalue weighted by molar-refractivity contribution is 6.31. The van der Waals surface area contributed by atoms with Crippen LogP contribution >= 0.6 is 11.6 Å². The summed E-state index contributed by atoms with van der Waals surface area (Å²) in [5.41, 5.74) is 0.543. The van der Waals surface area contributed by atoms with Crippen LogP contribution in [0.5, 0.6) is 0 Å². The third-order valence-corrected chi connectivity index (χ3v) is 5.28. The molecule has 31 heavy (non-hydrogen) atoms. The van der Waals surface area contributed by atoms with Gasteiger partial charge in [0, 0.05) is 30.0 Å². The van der Waals surface area contributed by atoms with Crippen molar-refractivity contribution in [3.63, 3.8) is 0 Å². The van der Waals surface area contributed by atoms with E-state index in [0.717, 1.165) is 0 Å². The maximum Gasteiger partial charge on any atom is 0.287 e. The topological polar surface area (TPSA) is 123 Å². The first-order valence-electron chi connectivity index (χ1n) is 9.21. The lowest BCUT2D eigenvalue weighted by molar-refractivity contribution is -0.126. The third kappa shape index (κ3) is 3.63. The molecule has 2 aromatic heterocycles. The predicted octanol–water partition coefficient (Wildman–Crippen LogP) is 1.26. The van der Waals surface area contributed by atoms with Crippen LogP contribution < -0.4 is 16.0 Å². The second kappa shape index (κ2) is 8.19. The summed E-state index contributed by atoms with van der Waals surface area (Å²) in [5.74, 6) is -1.62. The minimum atomic E-state index is -0.960. The van der Waals surface area contributed by atoms with Gasteiger partial charge in [0.15, 0.2) is 5.82 Å². The molecule has 1 unspecified atom stereocenters. The first kappa shape index (κ1) is 20.5. The van der Waals surface area contributed by atoms with Crippen LogP contribution in [-0.4, -0.2) is 44.6 Å². The Labute approximate surface area is 180 Å². The zero-order valence-electron chi connectivity index (χ0n) is 16.2. The van der Waals surface area contributed by atoms with E-state index in [2.05, 4.69) is 26.0 Å². The van der Waals surface area contributed by atoms with Gasteiger partial charge in [-0.25, -0.2) is 9.37 Å². The van der Waals surface area contributed by atoms with Crippen molar-refractivity contribution < 1.29 is 18.8 Å². The number of hydrogen-bond donors (Lipinski definition) is 3. The van der Waals surface area contributed by atoms with Crippen molar-refractivity contribution in [2.75, 3.05) is 12.4 Å². The van der Waals surface area contributed by atoms with Crippen LogP contribution in [0.2, 0.25) is 5.02 Å². The molecule has 3 heterocycles. The molecule has 0 bridgehead atoms. The summed E-state index contributed by atoms with van der Waals surface area (Å²) in [6.07, 6.45) is 3.63. The van der Waals surface area contributed by atoms with Crippen LogP contribution in [0.4, 0.5) is 10.2 Å². The smallest absolute Gasteiger partial charge is 0.287 e. The number of nitrogens with one attached hydrogen (secondary N) is 3. The van der Waals surface area contributed by atoms with Gasteiger partial charge in [-0.2, -0.15) is 5.10 Å². The summed E-state index contributed by atoms with van der Waals surface area (Å²) in [5, 5.41) is 12.1. The molecule has 3 N–H and O–H groups in total. The van der Waals surface area contributed by atoms with E-state index < -0.39 is 29.7 Å². The van der Waals surface area contributed by atoms with Crippen LogP contribution in [0, 0.1) is 5.82 Å². The van der Waals surface area contributed by atoms with E-state index >= 15 is 0 Å². The highest BCUT2D eigenvalue weighted by Gasteiger charge is 2.41. The average molecular weight is 446 g/mol. The molecule has 0 radical (unpaired) electrons. The summed E-state index contributed by atoms with van der Waals surface area (Å²) in [7, 11) is 1.42. The number of nitrogens with zero attached hydrogens (tertiary/aromatic N) is 4. The van der Waals surface area contributed by atoms with E-state index in [1.54, 1.807) is 18.5 Å². The fourth-order valence-electron chi connectivity index (χ4n) is 3.61. The van der Waals surface area contributed by atoms with Crippen LogP contribution in [0.3, 0.4) is 0 Å². The molecule has 12 heteroatoms. The van der Waals surface area contributed by atoms with E-state index in [1.807, 2.05) is 0 Å². The van der Waals surface area contributed by atoms with Crippen molar-refractivity contribution >= 4 is 35.6 Å². The minimum Gasteiger partial charge on any atom is -0.352 e. The Kier molecular flexibility index (Phi) is 5.42. The highest BCUT2D eigenvalue weighted by atomic mass is 35.5. The maximum absolute atomic E-state index is 14.0. The Morgan fingerprint density at radius 1 is 1.42 bits per heavy atom. The molecule has 2 atom stereocenters. The van der Waals surface area contributed by atoms with Crippen LogP contribution in [0.1, 0.15) is 34.0 Å². The second-order valence-electron chi connectivity index (χ2n) is 6.73. The molecule has 0 saturated carbocycles. The zero-order chi connectivity index (χ0) is 22.1. The van der Waals surface area contributed by atoms with Crippen molar-refractivity contribution in [3.05, 3.63) is 64.6 Å². The zero-order valence-corrected chi connectivity index (χ0v) is 16.9. The molecular formula is C19H17ClFN7O3. The third-order valence-electron chi connectivity index (χ3n) is 4.94. The molecular weight excluding hydrogens is 429 g/mol. The van der Waals surface area contributed by atoms with Gasteiger partial charge in [0.05, 0.1) is 18.3 Å². The number of rotatable bonds is 6. The molecule has 0 spiro atoms. The van der Waals surface area contributed by atoms with Crippen molar-refractivity contribution in [2.24, 2.45) is 0 Å². The largest absolute Gasteiger partial charge is 0.352 e. The van der Waals surface area contributed by atoms with Crippen LogP contribution in [0.15, 0.2) is 36.7 Å². The average Bonchev–Trinajstić information content (AvgIpc) is 3.40. The molecule has 0 aliphatic carbocycles. The maximum atomic E-state index is 14.0. The molecule has 10 nitrogen and oxygen atoms in total. The number of benzene rings is 1. The van der Waals surface area contributed by atoms with Crippen LogP contribution in [0.25, 0.3) is 0 Å². The van der Waals surface area contributed by atoms with Gasteiger partial charge in [0.25, 0.3) is 5.91 Å². The Bertz CT molecular complexity index is 1160. The Morgan fingerprint density at radius 2 is 2.23 bits per heavy atom. The number of anilines is 1. The summed E-state index contributed by atoms with van der Waals surface area (Å²) < 4.78 is 17.0. The Balaban J connectivity index is 1.95. The first-order chi connectivity index (χ1) is 14.9. The van der Waals surface area contributed by atoms with E-state index in [-0.39, 0.29) is 34.5 Å². The molecule has 3 aromatic rings. The van der Waals surface area contributed by atoms with Crippen LogP contribution in [-0.2, 0) is 16.1 Å². The number of aromatic nitrogens is 4. The van der Waals surface area contributed by atoms with E-state index in [0.29, 0.717) is 6.41 Å². The summed E-state index contributed by atoms with van der Waals surface area (Å²) in [6, 6.07) is 3.56. The molecule has 1 aliphatic heterocycles. The summed E-state index contributed by atoms with van der Waals surface area (Å²) in [6.45, 7) is 0.0936. The SMILES string of the molecule is CNC(=O)c1nc(NC=O)c2n1C(Cn1cccn1)C(=O)N[C@H]2c1cc(F)ccc1Cl. The molecule has 160 valence electrons. The standard InChI is InChI=1S/C19H17ClFN7O3/c1-22-19(31)17-26-16(23-9-29)15-14(11-7-10(21)3-4-12(11)20)25-18(30)13(28(15)17)8-27-6-2-5-24-27/h2-7,9,13-14H,8H2,1H3,(H,22,31)(H,23,29)(H,25,30)/t13?,14-/m0/s1. The van der Waals surface area contributed by atoms with Crippen molar-refractivity contribution in [2.45, 2.75) is 18.6 Å². The van der Waals surface area contributed by atoms with Crippen molar-refractivity contribution in [1.82, 2.24) is 30.0 Å². The fourth-order valence-corrected chi connectivity index (χ4v) is 3.83. The Hall–Kier alpha value is -3.73. The van der Waals surface area contributed by atoms with Crippen molar-refractivity contribution in [1.29, 1.82) is 0 Å². The predicted molar refractivity (Wildman–Crippen MR) is 108 cm³/mol. The van der Waals surface area contributed by atoms with Gasteiger partial charge in [-0.15, -0.1) is 0 Å². The molecule has 0 fully saturated rings. The number of fused-ring (bicyclic) bond motifs is 1. The van der Waals surface area contributed by atoms with E-state index in [9.17, 15) is 18.8 Å². The summed E-state index contributed by atoms with van der Waals surface area (Å²) in [4.78, 5) is 41.2. The number of halogens is 2. The number of amides is 3. The van der Waals surface area contributed by atoms with Gasteiger partial charge in [0.2, 0.25) is 18.1 Å². The number of carbonyl (C=O) groups excluding carboxylic acids is 3. The lowest BCUT2D eigenvalue weighted by Gasteiger charge is -2.33. The monoisotopic (exact) mass is 445 g/mol. The number of carbonyl (C=O) groups is 3. The van der Waals surface area contributed by atoms with Gasteiger partial charge in [-0.1, -0.05) is 11.6 Å². The molecule has 0 saturated heterocycles. The number of hydrogen-bond acceptors (Lipinski definition) is 5. The normalized spacial score (nSPS) is 17.6. The molecule has 3 amide bonds. The fraction of sp³-hybridized carbons (Fsp3) is 0.211. The molecule has 4 rings (SSSR count). The molecule has 1 aliphatic rings. The second-order valence-corrected chi connectivity index (χ2v) is 7.14. The van der Waals surface area contributed by atoms with Gasteiger partial charge in [0.1, 0.15) is 11.9 Å². The first-order valence-corrected chi connectivity index (χ1v) is 9.59. The van der Waals surface area contributed by atoms with Gasteiger partial charge in [-0.05, 0) is 24.3 Å². The quantitative estimate of drug-likeness (QED) is 0.493. The van der Waals surface area contributed by atoms with Gasteiger partial charge >= 0.3 is 0 Å². The van der Waals surface area contributed by atoms with Crippen molar-refractivity contribution in [3.8, 4) is 0 Å².